The van der Waals surface area contributed by atoms with Gasteiger partial charge in [-0.15, -0.1) is 0 Å². The van der Waals surface area contributed by atoms with Crippen molar-refractivity contribution in [1.82, 2.24) is 9.88 Å². The largest absolute Gasteiger partial charge is 0.464 e. The smallest absolute Gasteiger partial charge is 0.250 e. The Morgan fingerprint density at radius 2 is 1.77 bits per heavy atom. The normalized spacial score (nSPS) is 11.0. The van der Waals surface area contributed by atoms with E-state index in [0.717, 1.165) is 33.2 Å². The number of benzene rings is 2. The summed E-state index contributed by atoms with van der Waals surface area (Å²) in [5.74, 6) is -0.0455. The van der Waals surface area contributed by atoms with Gasteiger partial charge in [0.25, 0.3) is 5.56 Å². The van der Waals surface area contributed by atoms with Crippen LogP contribution < -0.4 is 10.9 Å². The minimum absolute atomic E-state index is 0.0223. The van der Waals surface area contributed by atoms with Crippen LogP contribution in [0.2, 0.25) is 0 Å². The third kappa shape index (κ3) is 4.20. The fourth-order valence-electron chi connectivity index (χ4n) is 3.51. The van der Waals surface area contributed by atoms with Gasteiger partial charge in [-0.3, -0.25) is 9.59 Å². The molecule has 30 heavy (non-hydrogen) atoms. The molecule has 4 aromatic rings. The molecule has 1 N–H and O–H groups in total. The molecule has 0 atom stereocenters. The first-order valence-corrected chi connectivity index (χ1v) is 9.97. The highest BCUT2D eigenvalue weighted by Crippen LogP contribution is 2.26. The van der Waals surface area contributed by atoms with Crippen molar-refractivity contribution in [2.45, 2.75) is 33.4 Å². The molecule has 152 valence electrons. The predicted octanol–water partition coefficient (Wildman–Crippen LogP) is 4.12. The Morgan fingerprint density at radius 1 is 1.00 bits per heavy atom. The monoisotopic (exact) mass is 400 g/mol. The summed E-state index contributed by atoms with van der Waals surface area (Å²) >= 11 is 0. The number of pyridine rings is 1. The second-order valence-corrected chi connectivity index (χ2v) is 7.58. The molecule has 1 amide bonds. The number of nitrogens with one attached hydrogen (secondary N) is 1. The van der Waals surface area contributed by atoms with Crippen LogP contribution in [0.4, 0.5) is 0 Å². The molecule has 5 nitrogen and oxygen atoms in total. The Morgan fingerprint density at radius 3 is 2.53 bits per heavy atom. The van der Waals surface area contributed by atoms with E-state index in [9.17, 15) is 9.59 Å². The van der Waals surface area contributed by atoms with Crippen LogP contribution >= 0.6 is 0 Å². The number of amides is 1. The summed E-state index contributed by atoms with van der Waals surface area (Å²) in [6, 6.07) is 17.1. The molecule has 2 heterocycles. The topological polar surface area (TPSA) is 64.2 Å². The van der Waals surface area contributed by atoms with Gasteiger partial charge in [-0.05, 0) is 42.2 Å². The minimum Gasteiger partial charge on any atom is -0.464 e. The molecule has 0 radical (unpaired) electrons. The van der Waals surface area contributed by atoms with Crippen LogP contribution in [0.3, 0.4) is 0 Å². The lowest BCUT2D eigenvalue weighted by Gasteiger charge is -2.08. The van der Waals surface area contributed by atoms with Gasteiger partial charge in [-0.1, -0.05) is 42.5 Å². The van der Waals surface area contributed by atoms with E-state index >= 15 is 0 Å². The maximum atomic E-state index is 12.4. The second kappa shape index (κ2) is 8.41. The molecule has 0 aliphatic rings. The first kappa shape index (κ1) is 19.7. The van der Waals surface area contributed by atoms with Gasteiger partial charge in [0, 0.05) is 29.8 Å². The van der Waals surface area contributed by atoms with Crippen molar-refractivity contribution in [3.05, 3.63) is 105 Å². The third-order valence-corrected chi connectivity index (χ3v) is 5.46. The number of hydrogen-bond donors (Lipinski definition) is 1. The molecular weight excluding hydrogens is 376 g/mol. The fourth-order valence-corrected chi connectivity index (χ4v) is 3.51. The summed E-state index contributed by atoms with van der Waals surface area (Å²) in [4.78, 5) is 24.3. The van der Waals surface area contributed by atoms with E-state index in [1.165, 1.54) is 5.56 Å². The Bertz CT molecular complexity index is 1250. The van der Waals surface area contributed by atoms with Crippen LogP contribution in [0.5, 0.6) is 0 Å². The van der Waals surface area contributed by atoms with Crippen molar-refractivity contribution in [2.75, 3.05) is 0 Å². The van der Waals surface area contributed by atoms with Gasteiger partial charge < -0.3 is 14.3 Å². The zero-order valence-corrected chi connectivity index (χ0v) is 17.1. The highest BCUT2D eigenvalue weighted by atomic mass is 16.3. The molecule has 0 aliphatic heterocycles. The highest BCUT2D eigenvalue weighted by molar-refractivity contribution is 5.89. The molecule has 0 saturated heterocycles. The van der Waals surface area contributed by atoms with E-state index in [1.807, 2.05) is 50.2 Å². The van der Waals surface area contributed by atoms with E-state index < -0.39 is 0 Å². The van der Waals surface area contributed by atoms with Gasteiger partial charge in [-0.25, -0.2) is 0 Å². The summed E-state index contributed by atoms with van der Waals surface area (Å²) in [5, 5.41) is 3.96. The summed E-state index contributed by atoms with van der Waals surface area (Å²) in [5.41, 5.74) is 6.06. The Labute approximate surface area is 175 Å². The molecule has 4 rings (SSSR count). The number of fused-ring (bicyclic) bond motifs is 1. The summed E-state index contributed by atoms with van der Waals surface area (Å²) in [7, 11) is 0. The summed E-state index contributed by atoms with van der Waals surface area (Å²) in [6.45, 7) is 5.06. The first-order valence-electron chi connectivity index (χ1n) is 9.97. The van der Waals surface area contributed by atoms with E-state index in [1.54, 1.807) is 29.2 Å². The zero-order chi connectivity index (χ0) is 21.1. The predicted molar refractivity (Wildman–Crippen MR) is 117 cm³/mol. The van der Waals surface area contributed by atoms with E-state index in [0.29, 0.717) is 13.1 Å². The van der Waals surface area contributed by atoms with Gasteiger partial charge in [0.1, 0.15) is 5.58 Å². The van der Waals surface area contributed by atoms with Crippen LogP contribution in [0.15, 0.2) is 76.3 Å². The Balaban J connectivity index is 1.36. The van der Waals surface area contributed by atoms with Crippen molar-refractivity contribution in [2.24, 2.45) is 0 Å². The number of rotatable bonds is 6. The molecular formula is C25H24N2O3. The van der Waals surface area contributed by atoms with E-state index in [4.69, 9.17) is 4.42 Å². The number of carbonyl (C=O) groups is 1. The summed E-state index contributed by atoms with van der Waals surface area (Å²) < 4.78 is 7.35. The van der Waals surface area contributed by atoms with Crippen LogP contribution in [-0.4, -0.2) is 10.5 Å². The van der Waals surface area contributed by atoms with Gasteiger partial charge in [0.2, 0.25) is 5.91 Å². The molecule has 2 aromatic heterocycles. The van der Waals surface area contributed by atoms with Crippen LogP contribution in [0.25, 0.3) is 11.0 Å². The van der Waals surface area contributed by atoms with Crippen LogP contribution in [0, 0.1) is 13.8 Å². The lowest BCUT2D eigenvalue weighted by molar-refractivity contribution is -0.120. The van der Waals surface area contributed by atoms with Crippen molar-refractivity contribution in [1.29, 1.82) is 0 Å². The van der Waals surface area contributed by atoms with Gasteiger partial charge in [-0.2, -0.15) is 0 Å². The number of nitrogens with zero attached hydrogens (tertiary/aromatic N) is 1. The Hall–Kier alpha value is -3.60. The molecule has 2 aromatic carbocycles. The van der Waals surface area contributed by atoms with Gasteiger partial charge in [0.05, 0.1) is 19.2 Å². The average Bonchev–Trinajstić information content (AvgIpc) is 3.15. The number of carbonyl (C=O) groups excluding carboxylic acids is 1. The number of aryl methyl sites for hydroxylation is 2. The summed E-state index contributed by atoms with van der Waals surface area (Å²) in [6.07, 6.45) is 3.74. The molecule has 0 unspecified atom stereocenters. The van der Waals surface area contributed by atoms with Gasteiger partial charge >= 0.3 is 0 Å². The van der Waals surface area contributed by atoms with Crippen molar-refractivity contribution < 1.29 is 9.21 Å². The number of furan rings is 1. The lowest BCUT2D eigenvalue weighted by atomic mass is 10.0. The molecule has 0 aliphatic carbocycles. The standard InChI is InChI=1S/C25H24N2O3/c1-17-6-11-22-21(16-30-25(22)18(17)2)13-23(28)26-14-19-7-9-20(10-8-19)15-27-12-4-3-5-24(27)29/h3-12,16H,13-15H2,1-2H3,(H,26,28). The van der Waals surface area contributed by atoms with E-state index in [-0.39, 0.29) is 17.9 Å². The van der Waals surface area contributed by atoms with E-state index in [2.05, 4.69) is 11.4 Å². The van der Waals surface area contributed by atoms with Crippen molar-refractivity contribution in [3.63, 3.8) is 0 Å². The number of hydrogen-bond acceptors (Lipinski definition) is 3. The van der Waals surface area contributed by atoms with Crippen LogP contribution in [-0.2, 0) is 24.3 Å². The van der Waals surface area contributed by atoms with Crippen LogP contribution in [0.1, 0.15) is 27.8 Å². The minimum atomic E-state index is -0.0455. The highest BCUT2D eigenvalue weighted by Gasteiger charge is 2.12. The van der Waals surface area contributed by atoms with Crippen molar-refractivity contribution in [3.8, 4) is 0 Å². The second-order valence-electron chi connectivity index (χ2n) is 7.58. The third-order valence-electron chi connectivity index (χ3n) is 5.46. The first-order chi connectivity index (χ1) is 14.5. The molecule has 0 spiro atoms. The molecule has 0 saturated carbocycles. The Kier molecular flexibility index (Phi) is 5.53. The maximum absolute atomic E-state index is 12.4. The molecule has 0 bridgehead atoms. The quantitative estimate of drug-likeness (QED) is 0.530. The average molecular weight is 400 g/mol. The zero-order valence-electron chi connectivity index (χ0n) is 17.1. The fraction of sp³-hybridized carbons (Fsp3) is 0.200. The lowest BCUT2D eigenvalue weighted by Crippen LogP contribution is -2.24. The molecule has 0 fully saturated rings. The van der Waals surface area contributed by atoms with Gasteiger partial charge in [0.15, 0.2) is 0 Å². The maximum Gasteiger partial charge on any atom is 0.250 e. The molecule has 5 heteroatoms. The number of aromatic nitrogens is 1. The van der Waals surface area contributed by atoms with Crippen molar-refractivity contribution >= 4 is 16.9 Å². The SMILES string of the molecule is Cc1ccc2c(CC(=O)NCc3ccc(Cn4ccccc4=O)cc3)coc2c1C.